The van der Waals surface area contributed by atoms with Crippen LogP contribution in [0.2, 0.25) is 0 Å². The van der Waals surface area contributed by atoms with Crippen molar-refractivity contribution in [1.29, 1.82) is 0 Å². The van der Waals surface area contributed by atoms with Crippen LogP contribution < -0.4 is 4.90 Å². The summed E-state index contributed by atoms with van der Waals surface area (Å²) in [6.45, 7) is 4.56. The van der Waals surface area contributed by atoms with Crippen molar-refractivity contribution in [2.24, 2.45) is 0 Å². The molecule has 0 aliphatic heterocycles. The molecule has 0 radical (unpaired) electrons. The number of hydrogen-bond donors (Lipinski definition) is 0. The molecule has 1 amide bonds. The minimum Gasteiger partial charge on any atom is -0.307 e. The third kappa shape index (κ3) is 5.00. The summed E-state index contributed by atoms with van der Waals surface area (Å²) >= 11 is 1.34. The van der Waals surface area contributed by atoms with E-state index in [4.69, 9.17) is 0 Å². The van der Waals surface area contributed by atoms with Crippen molar-refractivity contribution in [3.8, 4) is 5.69 Å². The summed E-state index contributed by atoms with van der Waals surface area (Å²) in [5.74, 6) is 0.225. The van der Waals surface area contributed by atoms with Crippen LogP contribution in [0.4, 0.5) is 5.69 Å². The lowest BCUT2D eigenvalue weighted by atomic mass is 10.1. The predicted molar refractivity (Wildman–Crippen MR) is 123 cm³/mol. The summed E-state index contributed by atoms with van der Waals surface area (Å²) in [6.07, 6.45) is 0. The molecule has 0 spiro atoms. The van der Waals surface area contributed by atoms with Crippen LogP contribution in [0.15, 0.2) is 84.0 Å². The second kappa shape index (κ2) is 9.57. The van der Waals surface area contributed by atoms with Crippen LogP contribution in [-0.2, 0) is 11.3 Å². The van der Waals surface area contributed by atoms with Crippen molar-refractivity contribution in [1.82, 2.24) is 20.2 Å². The summed E-state index contributed by atoms with van der Waals surface area (Å²) < 4.78 is 1.70. The van der Waals surface area contributed by atoms with Crippen molar-refractivity contribution in [3.05, 3.63) is 95.6 Å². The molecular weight excluding hydrogens is 406 g/mol. The van der Waals surface area contributed by atoms with Gasteiger partial charge in [0, 0.05) is 5.69 Å². The van der Waals surface area contributed by atoms with Crippen molar-refractivity contribution >= 4 is 23.4 Å². The number of carbonyl (C=O) groups excluding carboxylic acids is 1. The van der Waals surface area contributed by atoms with Gasteiger partial charge in [-0.2, -0.15) is 4.68 Å². The molecule has 0 fully saturated rings. The smallest absolute Gasteiger partial charge is 0.237 e. The van der Waals surface area contributed by atoms with Crippen molar-refractivity contribution in [3.63, 3.8) is 0 Å². The molecule has 31 heavy (non-hydrogen) atoms. The molecule has 0 unspecified atom stereocenters. The van der Waals surface area contributed by atoms with Crippen molar-refractivity contribution in [2.75, 3.05) is 10.7 Å². The van der Waals surface area contributed by atoms with Gasteiger partial charge in [-0.05, 0) is 59.2 Å². The van der Waals surface area contributed by atoms with E-state index in [1.165, 1.54) is 11.8 Å². The lowest BCUT2D eigenvalue weighted by molar-refractivity contribution is -0.116. The molecular formula is C24H23N5OS. The fraction of sp³-hybridized carbons (Fsp3) is 0.167. The van der Waals surface area contributed by atoms with Crippen LogP contribution >= 0.6 is 11.8 Å². The van der Waals surface area contributed by atoms with E-state index in [9.17, 15) is 4.79 Å². The second-order valence-electron chi connectivity index (χ2n) is 7.25. The zero-order valence-corrected chi connectivity index (χ0v) is 18.3. The van der Waals surface area contributed by atoms with Crippen LogP contribution in [0, 0.1) is 13.8 Å². The first-order valence-electron chi connectivity index (χ1n) is 10.00. The highest BCUT2D eigenvalue weighted by Gasteiger charge is 2.19. The lowest BCUT2D eigenvalue weighted by Gasteiger charge is -2.23. The minimum absolute atomic E-state index is 0.00410. The molecule has 4 aromatic rings. The number of rotatable bonds is 7. The molecule has 6 nitrogen and oxygen atoms in total. The number of nitrogens with zero attached hydrogens (tertiary/aromatic N) is 5. The van der Waals surface area contributed by atoms with E-state index >= 15 is 0 Å². The summed E-state index contributed by atoms with van der Waals surface area (Å²) in [5, 5.41) is 12.7. The maximum Gasteiger partial charge on any atom is 0.237 e. The number of thioether (sulfide) groups is 1. The van der Waals surface area contributed by atoms with E-state index in [2.05, 4.69) is 21.6 Å². The Hall–Kier alpha value is -3.45. The van der Waals surface area contributed by atoms with Gasteiger partial charge in [-0.25, -0.2) is 0 Å². The van der Waals surface area contributed by atoms with Gasteiger partial charge in [0.25, 0.3) is 0 Å². The Morgan fingerprint density at radius 3 is 2.42 bits per heavy atom. The summed E-state index contributed by atoms with van der Waals surface area (Å²) in [6, 6.07) is 25.9. The van der Waals surface area contributed by atoms with Gasteiger partial charge in [0.2, 0.25) is 11.1 Å². The number of tetrazole rings is 1. The SMILES string of the molecule is Cc1ccc(C)c(-n2nnnc2SCC(=O)N(Cc2ccccc2)c2ccccc2)c1. The molecule has 0 saturated heterocycles. The molecule has 0 N–H and O–H groups in total. The predicted octanol–water partition coefficient (Wildman–Crippen LogP) is 4.60. The summed E-state index contributed by atoms with van der Waals surface area (Å²) in [5.41, 5.74) is 5.06. The van der Waals surface area contributed by atoms with E-state index in [-0.39, 0.29) is 11.7 Å². The van der Waals surface area contributed by atoms with Gasteiger partial charge < -0.3 is 4.90 Å². The second-order valence-corrected chi connectivity index (χ2v) is 8.20. The number of hydrogen-bond acceptors (Lipinski definition) is 5. The number of aromatic nitrogens is 4. The molecule has 3 aromatic carbocycles. The van der Waals surface area contributed by atoms with Crippen molar-refractivity contribution < 1.29 is 4.79 Å². The van der Waals surface area contributed by atoms with Gasteiger partial charge in [0.1, 0.15) is 0 Å². The standard InChI is InChI=1S/C24H23N5OS/c1-18-13-14-19(2)22(15-18)29-24(25-26-27-29)31-17-23(30)28(21-11-7-4-8-12-21)16-20-9-5-3-6-10-20/h3-15H,16-17H2,1-2H3. The number of carbonyl (C=O) groups is 1. The van der Waals surface area contributed by atoms with E-state index < -0.39 is 0 Å². The Balaban J connectivity index is 1.54. The molecule has 0 aliphatic rings. The third-order valence-corrected chi connectivity index (χ3v) is 5.81. The zero-order chi connectivity index (χ0) is 21.6. The van der Waals surface area contributed by atoms with Crippen LogP contribution in [0.25, 0.3) is 5.69 Å². The highest BCUT2D eigenvalue weighted by atomic mass is 32.2. The van der Waals surface area contributed by atoms with Crippen molar-refractivity contribution in [2.45, 2.75) is 25.5 Å². The third-order valence-electron chi connectivity index (χ3n) is 4.91. The molecule has 1 heterocycles. The number of anilines is 1. The average molecular weight is 430 g/mol. The minimum atomic E-state index is -0.00410. The molecule has 4 rings (SSSR count). The number of amides is 1. The quantitative estimate of drug-likeness (QED) is 0.402. The lowest BCUT2D eigenvalue weighted by Crippen LogP contribution is -2.32. The Bertz CT molecular complexity index is 1160. The number of para-hydroxylation sites is 1. The normalized spacial score (nSPS) is 10.8. The molecule has 0 bridgehead atoms. The van der Waals surface area contributed by atoms with Gasteiger partial charge in [0.15, 0.2) is 0 Å². The van der Waals surface area contributed by atoms with Crippen LogP contribution in [0.5, 0.6) is 0 Å². The van der Waals surface area contributed by atoms with Gasteiger partial charge in [-0.15, -0.1) is 5.10 Å². The molecule has 1 aromatic heterocycles. The Labute approximate surface area is 185 Å². The number of aryl methyl sites for hydroxylation is 2. The maximum absolute atomic E-state index is 13.2. The first-order chi connectivity index (χ1) is 15.1. The first kappa shape index (κ1) is 20.8. The van der Waals surface area contributed by atoms with Crippen LogP contribution in [-0.4, -0.2) is 31.9 Å². The van der Waals surface area contributed by atoms with E-state index in [1.54, 1.807) is 9.58 Å². The monoisotopic (exact) mass is 429 g/mol. The largest absolute Gasteiger partial charge is 0.307 e. The highest BCUT2D eigenvalue weighted by molar-refractivity contribution is 7.99. The van der Waals surface area contributed by atoms with E-state index in [1.807, 2.05) is 86.6 Å². The highest BCUT2D eigenvalue weighted by Crippen LogP contribution is 2.24. The summed E-state index contributed by atoms with van der Waals surface area (Å²) in [4.78, 5) is 15.0. The molecule has 156 valence electrons. The number of benzene rings is 3. The topological polar surface area (TPSA) is 63.9 Å². The molecule has 0 aliphatic carbocycles. The molecule has 0 atom stereocenters. The zero-order valence-electron chi connectivity index (χ0n) is 17.5. The molecule has 0 saturated carbocycles. The Morgan fingerprint density at radius 1 is 0.968 bits per heavy atom. The van der Waals surface area contributed by atoms with Gasteiger partial charge in [0.05, 0.1) is 18.0 Å². The average Bonchev–Trinajstić information content (AvgIpc) is 3.27. The Kier molecular flexibility index (Phi) is 6.43. The fourth-order valence-electron chi connectivity index (χ4n) is 3.27. The molecule has 7 heteroatoms. The van der Waals surface area contributed by atoms with Crippen LogP contribution in [0.1, 0.15) is 16.7 Å². The first-order valence-corrected chi connectivity index (χ1v) is 11.0. The van der Waals surface area contributed by atoms with Gasteiger partial charge in [-0.3, -0.25) is 4.79 Å². The maximum atomic E-state index is 13.2. The van der Waals surface area contributed by atoms with Gasteiger partial charge >= 0.3 is 0 Å². The van der Waals surface area contributed by atoms with E-state index in [0.29, 0.717) is 11.7 Å². The Morgan fingerprint density at radius 2 is 1.68 bits per heavy atom. The van der Waals surface area contributed by atoms with E-state index in [0.717, 1.165) is 28.1 Å². The fourth-order valence-corrected chi connectivity index (χ4v) is 4.03. The van der Waals surface area contributed by atoms with Crippen LogP contribution in [0.3, 0.4) is 0 Å². The summed E-state index contributed by atoms with van der Waals surface area (Å²) in [7, 11) is 0. The van der Waals surface area contributed by atoms with Gasteiger partial charge in [-0.1, -0.05) is 72.4 Å².